The number of sulfonamides is 1. The molecule has 6 nitrogen and oxygen atoms in total. The number of hydrogen-bond acceptors (Lipinski definition) is 5. The summed E-state index contributed by atoms with van der Waals surface area (Å²) in [6, 6.07) is 8.69. The highest BCUT2D eigenvalue weighted by Crippen LogP contribution is 2.23. The number of nitrogens with one attached hydrogen (secondary N) is 1. The summed E-state index contributed by atoms with van der Waals surface area (Å²) in [5.41, 5.74) is 1.04. The molecule has 0 saturated carbocycles. The van der Waals surface area contributed by atoms with Crippen molar-refractivity contribution in [3.8, 4) is 0 Å². The third kappa shape index (κ3) is 2.88. The lowest BCUT2D eigenvalue weighted by Crippen LogP contribution is -2.56. The molecule has 0 aliphatic carbocycles. The molecule has 1 aliphatic rings. The molecular formula is C14H16N4O2S. The quantitative estimate of drug-likeness (QED) is 0.920. The first-order valence-corrected chi connectivity index (χ1v) is 8.10. The molecular weight excluding hydrogens is 288 g/mol. The lowest BCUT2D eigenvalue weighted by atomic mass is 10.2. The number of nitrogens with zero attached hydrogens (tertiary/aromatic N) is 3. The zero-order valence-corrected chi connectivity index (χ0v) is 12.4. The number of anilines is 1. The van der Waals surface area contributed by atoms with Crippen LogP contribution in [0.15, 0.2) is 47.6 Å². The first-order valence-electron chi connectivity index (χ1n) is 6.66. The second-order valence-corrected chi connectivity index (χ2v) is 6.99. The summed E-state index contributed by atoms with van der Waals surface area (Å²) < 4.78 is 26.2. The fraction of sp³-hybridized carbons (Fsp3) is 0.286. The molecule has 0 spiro atoms. The first kappa shape index (κ1) is 14.0. The summed E-state index contributed by atoms with van der Waals surface area (Å²) in [5.74, 6) is 0.523. The number of rotatable bonds is 4. The minimum Gasteiger partial charge on any atom is -0.349 e. The molecule has 1 fully saturated rings. The van der Waals surface area contributed by atoms with E-state index in [0.29, 0.717) is 23.9 Å². The van der Waals surface area contributed by atoms with Crippen LogP contribution in [0.1, 0.15) is 5.56 Å². The lowest BCUT2D eigenvalue weighted by molar-refractivity contribution is 0.280. The maximum atomic E-state index is 12.4. The third-order valence-electron chi connectivity index (χ3n) is 3.41. The SMILES string of the molecule is Cc1ccc(S(=O)(=O)N2CC(Nc3ncccn3)C2)cc1. The Morgan fingerprint density at radius 3 is 2.38 bits per heavy atom. The van der Waals surface area contributed by atoms with Crippen molar-refractivity contribution in [1.82, 2.24) is 14.3 Å². The molecule has 0 unspecified atom stereocenters. The minimum absolute atomic E-state index is 0.0487. The maximum absolute atomic E-state index is 12.4. The Kier molecular flexibility index (Phi) is 3.60. The normalized spacial score (nSPS) is 16.4. The van der Waals surface area contributed by atoms with Gasteiger partial charge >= 0.3 is 0 Å². The first-order chi connectivity index (χ1) is 10.1. The Labute approximate surface area is 123 Å². The molecule has 2 aromatic rings. The van der Waals surface area contributed by atoms with Crippen molar-refractivity contribution < 1.29 is 8.42 Å². The molecule has 0 amide bonds. The Bertz CT molecular complexity index is 710. The zero-order chi connectivity index (χ0) is 14.9. The van der Waals surface area contributed by atoms with Crippen LogP contribution in [0.2, 0.25) is 0 Å². The van der Waals surface area contributed by atoms with Crippen LogP contribution in [0.4, 0.5) is 5.95 Å². The maximum Gasteiger partial charge on any atom is 0.243 e. The van der Waals surface area contributed by atoms with Crippen molar-refractivity contribution >= 4 is 16.0 Å². The Hall–Kier alpha value is -1.99. The highest BCUT2D eigenvalue weighted by molar-refractivity contribution is 7.89. The van der Waals surface area contributed by atoms with Gasteiger partial charge in [0.2, 0.25) is 16.0 Å². The largest absolute Gasteiger partial charge is 0.349 e. The second kappa shape index (κ2) is 5.42. The van der Waals surface area contributed by atoms with E-state index in [1.54, 1.807) is 42.7 Å². The van der Waals surface area contributed by atoms with Crippen LogP contribution in [0.3, 0.4) is 0 Å². The molecule has 2 heterocycles. The van der Waals surface area contributed by atoms with Crippen LogP contribution in [0.25, 0.3) is 0 Å². The summed E-state index contributed by atoms with van der Waals surface area (Å²) in [7, 11) is -3.39. The molecule has 1 aliphatic heterocycles. The fourth-order valence-corrected chi connectivity index (χ4v) is 3.67. The van der Waals surface area contributed by atoms with Gasteiger partial charge in [-0.05, 0) is 25.1 Å². The summed E-state index contributed by atoms with van der Waals surface area (Å²) in [5, 5.41) is 3.11. The second-order valence-electron chi connectivity index (χ2n) is 5.05. The van der Waals surface area contributed by atoms with E-state index in [9.17, 15) is 8.42 Å². The van der Waals surface area contributed by atoms with E-state index in [0.717, 1.165) is 5.56 Å². The molecule has 110 valence electrons. The summed E-state index contributed by atoms with van der Waals surface area (Å²) in [4.78, 5) is 8.47. The zero-order valence-electron chi connectivity index (χ0n) is 11.6. The molecule has 0 radical (unpaired) electrons. The van der Waals surface area contributed by atoms with Gasteiger partial charge in [-0.1, -0.05) is 17.7 Å². The van der Waals surface area contributed by atoms with Crippen molar-refractivity contribution in [2.24, 2.45) is 0 Å². The predicted molar refractivity (Wildman–Crippen MR) is 79.4 cm³/mol. The number of hydrogen-bond donors (Lipinski definition) is 1. The number of aromatic nitrogens is 2. The average molecular weight is 304 g/mol. The van der Waals surface area contributed by atoms with Crippen molar-refractivity contribution in [3.05, 3.63) is 48.3 Å². The van der Waals surface area contributed by atoms with Crippen LogP contribution in [-0.4, -0.2) is 41.8 Å². The van der Waals surface area contributed by atoms with Gasteiger partial charge in [-0.3, -0.25) is 0 Å². The van der Waals surface area contributed by atoms with Crippen LogP contribution >= 0.6 is 0 Å². The molecule has 1 N–H and O–H groups in total. The summed E-state index contributed by atoms with van der Waals surface area (Å²) in [6.45, 7) is 2.78. The van der Waals surface area contributed by atoms with E-state index in [-0.39, 0.29) is 6.04 Å². The third-order valence-corrected chi connectivity index (χ3v) is 5.25. The highest BCUT2D eigenvalue weighted by Gasteiger charge is 2.36. The average Bonchev–Trinajstić information content (AvgIpc) is 2.44. The van der Waals surface area contributed by atoms with Crippen LogP contribution in [0, 0.1) is 6.92 Å². The minimum atomic E-state index is -3.39. The molecule has 1 saturated heterocycles. The lowest BCUT2D eigenvalue weighted by Gasteiger charge is -2.38. The topological polar surface area (TPSA) is 75.2 Å². The summed E-state index contributed by atoms with van der Waals surface area (Å²) >= 11 is 0. The molecule has 21 heavy (non-hydrogen) atoms. The fourth-order valence-electron chi connectivity index (χ4n) is 2.14. The van der Waals surface area contributed by atoms with Crippen LogP contribution in [0.5, 0.6) is 0 Å². The standard InChI is InChI=1S/C14H16N4O2S/c1-11-3-5-13(6-4-11)21(19,20)18-9-12(10-18)17-14-15-7-2-8-16-14/h2-8,12H,9-10H2,1H3,(H,15,16,17). The molecule has 0 atom stereocenters. The van der Waals surface area contributed by atoms with Crippen molar-refractivity contribution in [2.75, 3.05) is 18.4 Å². The Morgan fingerprint density at radius 2 is 1.76 bits per heavy atom. The molecule has 3 rings (SSSR count). The number of aryl methyl sites for hydroxylation is 1. The smallest absolute Gasteiger partial charge is 0.243 e. The highest BCUT2D eigenvalue weighted by atomic mass is 32.2. The van der Waals surface area contributed by atoms with Gasteiger partial charge in [0.25, 0.3) is 0 Å². The van der Waals surface area contributed by atoms with E-state index in [4.69, 9.17) is 0 Å². The Balaban J connectivity index is 1.64. The van der Waals surface area contributed by atoms with Crippen molar-refractivity contribution in [3.63, 3.8) is 0 Å². The molecule has 1 aromatic heterocycles. The van der Waals surface area contributed by atoms with Gasteiger partial charge in [0.1, 0.15) is 0 Å². The van der Waals surface area contributed by atoms with E-state index in [1.165, 1.54) is 4.31 Å². The van der Waals surface area contributed by atoms with E-state index in [1.807, 2.05) is 6.92 Å². The van der Waals surface area contributed by atoms with Crippen molar-refractivity contribution in [2.45, 2.75) is 17.9 Å². The van der Waals surface area contributed by atoms with Gasteiger partial charge in [0.15, 0.2) is 0 Å². The monoisotopic (exact) mass is 304 g/mol. The van der Waals surface area contributed by atoms with Gasteiger partial charge in [-0.2, -0.15) is 4.31 Å². The Morgan fingerprint density at radius 1 is 1.14 bits per heavy atom. The summed E-state index contributed by atoms with van der Waals surface area (Å²) in [6.07, 6.45) is 3.30. The van der Waals surface area contributed by atoms with Crippen LogP contribution in [-0.2, 0) is 10.0 Å². The van der Waals surface area contributed by atoms with Gasteiger partial charge in [-0.15, -0.1) is 0 Å². The predicted octanol–water partition coefficient (Wildman–Crippen LogP) is 1.27. The van der Waals surface area contributed by atoms with E-state index in [2.05, 4.69) is 15.3 Å². The van der Waals surface area contributed by atoms with Crippen molar-refractivity contribution in [1.29, 1.82) is 0 Å². The van der Waals surface area contributed by atoms with Gasteiger partial charge in [-0.25, -0.2) is 18.4 Å². The molecule has 0 bridgehead atoms. The van der Waals surface area contributed by atoms with E-state index < -0.39 is 10.0 Å². The molecule has 7 heteroatoms. The van der Waals surface area contributed by atoms with Gasteiger partial charge in [0.05, 0.1) is 10.9 Å². The van der Waals surface area contributed by atoms with Gasteiger partial charge in [0, 0.05) is 25.5 Å². The number of benzene rings is 1. The molecule has 1 aromatic carbocycles. The van der Waals surface area contributed by atoms with Gasteiger partial charge < -0.3 is 5.32 Å². The van der Waals surface area contributed by atoms with E-state index >= 15 is 0 Å². The van der Waals surface area contributed by atoms with Crippen LogP contribution < -0.4 is 5.32 Å².